The SMILES string of the molecule is N#Cc1cc(Cl)ccc1N(CC(F)(F)F)C1CC1. The average Bonchev–Trinajstić information content (AvgIpc) is 3.08. The van der Waals surface area contributed by atoms with Crippen molar-refractivity contribution in [2.24, 2.45) is 0 Å². The zero-order valence-electron chi connectivity index (χ0n) is 9.34. The standard InChI is InChI=1S/C12H10ClF3N2/c13-9-1-4-11(8(5-9)6-17)18(10-2-3-10)7-12(14,15)16/h1,4-5,10H,2-3,7H2. The molecule has 0 spiro atoms. The maximum Gasteiger partial charge on any atom is 0.405 e. The van der Waals surface area contributed by atoms with E-state index in [0.29, 0.717) is 10.7 Å². The van der Waals surface area contributed by atoms with Gasteiger partial charge in [-0.05, 0) is 31.0 Å². The van der Waals surface area contributed by atoms with Crippen molar-refractivity contribution in [3.05, 3.63) is 28.8 Å². The summed E-state index contributed by atoms with van der Waals surface area (Å²) < 4.78 is 37.6. The van der Waals surface area contributed by atoms with Crippen molar-refractivity contribution in [1.29, 1.82) is 5.26 Å². The van der Waals surface area contributed by atoms with E-state index in [9.17, 15) is 13.2 Å². The summed E-state index contributed by atoms with van der Waals surface area (Å²) in [6.07, 6.45) is -2.83. The normalized spacial score (nSPS) is 15.3. The van der Waals surface area contributed by atoms with Crippen LogP contribution >= 0.6 is 11.6 Å². The van der Waals surface area contributed by atoms with Crippen LogP contribution in [-0.2, 0) is 0 Å². The third kappa shape index (κ3) is 3.08. The van der Waals surface area contributed by atoms with E-state index in [1.165, 1.54) is 23.1 Å². The average molecular weight is 275 g/mol. The lowest BCUT2D eigenvalue weighted by atomic mass is 10.1. The maximum absolute atomic E-state index is 12.5. The first-order valence-electron chi connectivity index (χ1n) is 5.44. The fraction of sp³-hybridized carbons (Fsp3) is 0.417. The Bertz CT molecular complexity index is 489. The van der Waals surface area contributed by atoms with Crippen molar-refractivity contribution in [2.45, 2.75) is 25.1 Å². The molecule has 1 aliphatic rings. The molecule has 18 heavy (non-hydrogen) atoms. The topological polar surface area (TPSA) is 27.0 Å². The lowest BCUT2D eigenvalue weighted by molar-refractivity contribution is -0.120. The molecule has 0 N–H and O–H groups in total. The largest absolute Gasteiger partial charge is 0.405 e. The van der Waals surface area contributed by atoms with Crippen LogP contribution in [0.4, 0.5) is 18.9 Å². The fourth-order valence-corrected chi connectivity index (χ4v) is 2.01. The van der Waals surface area contributed by atoms with Crippen molar-refractivity contribution >= 4 is 17.3 Å². The number of hydrogen-bond donors (Lipinski definition) is 0. The van der Waals surface area contributed by atoms with Gasteiger partial charge in [-0.2, -0.15) is 18.4 Å². The molecule has 0 amide bonds. The third-order valence-electron chi connectivity index (χ3n) is 2.73. The van der Waals surface area contributed by atoms with Gasteiger partial charge < -0.3 is 4.90 Å². The summed E-state index contributed by atoms with van der Waals surface area (Å²) in [5.41, 5.74) is 0.486. The van der Waals surface area contributed by atoms with Gasteiger partial charge in [-0.1, -0.05) is 11.6 Å². The Kier molecular flexibility index (Phi) is 3.40. The molecule has 2 rings (SSSR count). The van der Waals surface area contributed by atoms with Crippen molar-refractivity contribution < 1.29 is 13.2 Å². The molecule has 0 aliphatic heterocycles. The fourth-order valence-electron chi connectivity index (χ4n) is 1.84. The highest BCUT2D eigenvalue weighted by atomic mass is 35.5. The van der Waals surface area contributed by atoms with E-state index >= 15 is 0 Å². The van der Waals surface area contributed by atoms with Crippen LogP contribution < -0.4 is 4.90 Å². The lowest BCUT2D eigenvalue weighted by Gasteiger charge is -2.26. The summed E-state index contributed by atoms with van der Waals surface area (Å²) in [7, 11) is 0. The molecule has 0 bridgehead atoms. The van der Waals surface area contributed by atoms with Gasteiger partial charge in [0.05, 0.1) is 11.3 Å². The number of hydrogen-bond acceptors (Lipinski definition) is 2. The van der Waals surface area contributed by atoms with E-state index in [2.05, 4.69) is 0 Å². The van der Waals surface area contributed by atoms with E-state index in [1.54, 1.807) is 0 Å². The second-order valence-electron chi connectivity index (χ2n) is 4.25. The van der Waals surface area contributed by atoms with Gasteiger partial charge >= 0.3 is 6.18 Å². The predicted octanol–water partition coefficient (Wildman–Crippen LogP) is 3.74. The van der Waals surface area contributed by atoms with E-state index in [1.807, 2.05) is 6.07 Å². The minimum atomic E-state index is -4.28. The van der Waals surface area contributed by atoms with E-state index in [4.69, 9.17) is 16.9 Å². The second kappa shape index (κ2) is 4.69. The molecule has 0 saturated heterocycles. The molecule has 6 heteroatoms. The zero-order chi connectivity index (χ0) is 13.3. The maximum atomic E-state index is 12.5. The summed E-state index contributed by atoms with van der Waals surface area (Å²) in [6, 6.07) is 6.14. The Hall–Kier alpha value is -1.41. The van der Waals surface area contributed by atoms with Gasteiger partial charge in [-0.25, -0.2) is 0 Å². The lowest BCUT2D eigenvalue weighted by Crippen LogP contribution is -2.36. The molecule has 0 unspecified atom stereocenters. The van der Waals surface area contributed by atoms with E-state index in [0.717, 1.165) is 12.8 Å². The number of nitrogens with zero attached hydrogens (tertiary/aromatic N) is 2. The van der Waals surface area contributed by atoms with Crippen LogP contribution in [0.3, 0.4) is 0 Å². The first-order chi connectivity index (χ1) is 8.40. The van der Waals surface area contributed by atoms with Gasteiger partial charge in [-0.3, -0.25) is 0 Å². The Morgan fingerprint density at radius 1 is 1.39 bits per heavy atom. The predicted molar refractivity (Wildman–Crippen MR) is 62.6 cm³/mol. The number of benzene rings is 1. The van der Waals surface area contributed by atoms with E-state index in [-0.39, 0.29) is 11.6 Å². The Balaban J connectivity index is 2.34. The molecule has 96 valence electrons. The van der Waals surface area contributed by atoms with Gasteiger partial charge in [0.15, 0.2) is 0 Å². The van der Waals surface area contributed by atoms with Gasteiger partial charge in [-0.15, -0.1) is 0 Å². The van der Waals surface area contributed by atoms with Crippen molar-refractivity contribution in [3.8, 4) is 6.07 Å². The summed E-state index contributed by atoms with van der Waals surface area (Å²) in [4.78, 5) is 1.24. The molecule has 0 radical (unpaired) electrons. The summed E-state index contributed by atoms with van der Waals surface area (Å²) in [6.45, 7) is -1.03. The molecule has 1 aliphatic carbocycles. The molecular formula is C12H10ClF3N2. The van der Waals surface area contributed by atoms with Crippen LogP contribution in [-0.4, -0.2) is 18.8 Å². The number of anilines is 1. The summed E-state index contributed by atoms with van der Waals surface area (Å²) >= 11 is 5.74. The highest BCUT2D eigenvalue weighted by Crippen LogP contribution is 2.36. The highest BCUT2D eigenvalue weighted by Gasteiger charge is 2.38. The molecule has 0 aromatic heterocycles. The van der Waals surface area contributed by atoms with E-state index < -0.39 is 12.7 Å². The van der Waals surface area contributed by atoms with Crippen LogP contribution in [0.5, 0.6) is 0 Å². The molecular weight excluding hydrogens is 265 g/mol. The first kappa shape index (κ1) is 13.0. The molecule has 0 atom stereocenters. The van der Waals surface area contributed by atoms with Gasteiger partial charge in [0, 0.05) is 11.1 Å². The Labute approximate surface area is 108 Å². The molecule has 1 fully saturated rings. The van der Waals surface area contributed by atoms with Crippen LogP contribution in [0.1, 0.15) is 18.4 Å². The smallest absolute Gasteiger partial charge is 0.358 e. The monoisotopic (exact) mass is 274 g/mol. The van der Waals surface area contributed by atoms with Crippen LogP contribution in [0.25, 0.3) is 0 Å². The molecule has 0 heterocycles. The molecule has 1 saturated carbocycles. The number of rotatable bonds is 3. The Morgan fingerprint density at radius 3 is 2.56 bits per heavy atom. The Morgan fingerprint density at radius 2 is 2.06 bits per heavy atom. The van der Waals surface area contributed by atoms with Gasteiger partial charge in [0.25, 0.3) is 0 Å². The first-order valence-corrected chi connectivity index (χ1v) is 5.81. The minimum absolute atomic E-state index is 0.125. The van der Waals surface area contributed by atoms with Crippen molar-refractivity contribution in [1.82, 2.24) is 0 Å². The third-order valence-corrected chi connectivity index (χ3v) is 2.96. The number of halogens is 4. The second-order valence-corrected chi connectivity index (χ2v) is 4.68. The van der Waals surface area contributed by atoms with Crippen molar-refractivity contribution in [2.75, 3.05) is 11.4 Å². The van der Waals surface area contributed by atoms with Crippen LogP contribution in [0.2, 0.25) is 5.02 Å². The molecule has 1 aromatic carbocycles. The number of nitriles is 1. The quantitative estimate of drug-likeness (QED) is 0.839. The van der Waals surface area contributed by atoms with Crippen molar-refractivity contribution in [3.63, 3.8) is 0 Å². The van der Waals surface area contributed by atoms with Gasteiger partial charge in [0.2, 0.25) is 0 Å². The highest BCUT2D eigenvalue weighted by molar-refractivity contribution is 6.30. The summed E-state index contributed by atoms with van der Waals surface area (Å²) in [5, 5.41) is 9.32. The minimum Gasteiger partial charge on any atom is -0.358 e. The summed E-state index contributed by atoms with van der Waals surface area (Å²) in [5.74, 6) is 0. The molecule has 2 nitrogen and oxygen atoms in total. The van der Waals surface area contributed by atoms with Crippen LogP contribution in [0.15, 0.2) is 18.2 Å². The van der Waals surface area contributed by atoms with Gasteiger partial charge in [0.1, 0.15) is 12.6 Å². The zero-order valence-corrected chi connectivity index (χ0v) is 10.1. The van der Waals surface area contributed by atoms with Crippen LogP contribution in [0, 0.1) is 11.3 Å². The number of alkyl halides is 3. The molecule has 1 aromatic rings.